The second kappa shape index (κ2) is 4.91. The van der Waals surface area contributed by atoms with Crippen molar-refractivity contribution in [1.82, 2.24) is 9.97 Å². The molecule has 1 saturated heterocycles. The molecular weight excluding hydrogens is 242 g/mol. The number of anilines is 1. The number of esters is 1. The van der Waals surface area contributed by atoms with Crippen LogP contribution in [0.25, 0.3) is 11.0 Å². The van der Waals surface area contributed by atoms with E-state index in [2.05, 4.69) is 14.9 Å². The van der Waals surface area contributed by atoms with E-state index < -0.39 is 0 Å². The van der Waals surface area contributed by atoms with Crippen LogP contribution in [0.1, 0.15) is 12.8 Å². The van der Waals surface area contributed by atoms with Crippen LogP contribution in [0.5, 0.6) is 0 Å². The number of hydrogen-bond donors (Lipinski definition) is 1. The van der Waals surface area contributed by atoms with E-state index in [-0.39, 0.29) is 11.9 Å². The Bertz CT molecular complexity index is 552. The van der Waals surface area contributed by atoms with Gasteiger partial charge in [-0.05, 0) is 25.0 Å². The number of aromatic nitrogens is 2. The number of para-hydroxylation sites is 2. The highest BCUT2D eigenvalue weighted by Gasteiger charge is 2.26. The summed E-state index contributed by atoms with van der Waals surface area (Å²) in [4.78, 5) is 21.6. The first kappa shape index (κ1) is 12.0. The first-order valence-electron chi connectivity index (χ1n) is 6.55. The quantitative estimate of drug-likeness (QED) is 0.837. The molecule has 2 aromatic rings. The average Bonchev–Trinajstić information content (AvgIpc) is 2.90. The van der Waals surface area contributed by atoms with Crippen molar-refractivity contribution in [2.75, 3.05) is 25.1 Å². The minimum absolute atomic E-state index is 0.0330. The number of fused-ring (bicyclic) bond motifs is 1. The van der Waals surface area contributed by atoms with Crippen molar-refractivity contribution in [3.63, 3.8) is 0 Å². The van der Waals surface area contributed by atoms with Crippen molar-refractivity contribution in [3.05, 3.63) is 24.3 Å². The maximum absolute atomic E-state index is 11.5. The predicted molar refractivity (Wildman–Crippen MR) is 73.0 cm³/mol. The summed E-state index contributed by atoms with van der Waals surface area (Å²) in [7, 11) is 1.45. The number of H-pyrrole nitrogens is 1. The number of carbonyl (C=O) groups is 1. The van der Waals surface area contributed by atoms with Gasteiger partial charge in [-0.3, -0.25) is 4.79 Å². The molecule has 5 heteroatoms. The highest BCUT2D eigenvalue weighted by molar-refractivity contribution is 5.77. The van der Waals surface area contributed by atoms with Crippen LogP contribution in [0.2, 0.25) is 0 Å². The molecule has 0 bridgehead atoms. The smallest absolute Gasteiger partial charge is 0.308 e. The lowest BCUT2D eigenvalue weighted by Gasteiger charge is -2.30. The van der Waals surface area contributed by atoms with Gasteiger partial charge in [-0.15, -0.1) is 0 Å². The fourth-order valence-electron chi connectivity index (χ4n) is 2.58. The summed E-state index contributed by atoms with van der Waals surface area (Å²) < 4.78 is 4.80. The number of aromatic amines is 1. The van der Waals surface area contributed by atoms with E-state index in [1.807, 2.05) is 24.3 Å². The van der Waals surface area contributed by atoms with Gasteiger partial charge in [0.15, 0.2) is 0 Å². The van der Waals surface area contributed by atoms with Crippen LogP contribution < -0.4 is 4.90 Å². The van der Waals surface area contributed by atoms with E-state index in [1.54, 1.807) is 0 Å². The van der Waals surface area contributed by atoms with Gasteiger partial charge in [0.05, 0.1) is 24.1 Å². The molecule has 1 fully saturated rings. The Morgan fingerprint density at radius 1 is 1.37 bits per heavy atom. The summed E-state index contributed by atoms with van der Waals surface area (Å²) in [5.74, 6) is 0.833. The van der Waals surface area contributed by atoms with Crippen molar-refractivity contribution in [2.45, 2.75) is 12.8 Å². The SMILES string of the molecule is COC(=O)C1CCN(c2nc3ccccc3[nH]2)CC1. The number of carbonyl (C=O) groups excluding carboxylic acids is 1. The number of methoxy groups -OCH3 is 1. The van der Waals surface area contributed by atoms with Crippen LogP contribution in [0.4, 0.5) is 5.95 Å². The summed E-state index contributed by atoms with van der Waals surface area (Å²) in [5, 5.41) is 0. The zero-order chi connectivity index (χ0) is 13.2. The maximum atomic E-state index is 11.5. The first-order valence-corrected chi connectivity index (χ1v) is 6.55. The van der Waals surface area contributed by atoms with Gasteiger partial charge in [0, 0.05) is 13.1 Å². The van der Waals surface area contributed by atoms with E-state index in [0.29, 0.717) is 0 Å². The topological polar surface area (TPSA) is 58.2 Å². The number of nitrogens with zero attached hydrogens (tertiary/aromatic N) is 2. The molecule has 5 nitrogen and oxygen atoms in total. The number of piperidine rings is 1. The summed E-state index contributed by atoms with van der Waals surface area (Å²) in [5.41, 5.74) is 2.03. The lowest BCUT2D eigenvalue weighted by molar-refractivity contribution is -0.146. The third-order valence-electron chi connectivity index (χ3n) is 3.71. The standard InChI is InChI=1S/C14H17N3O2/c1-19-13(18)10-6-8-17(9-7-10)14-15-11-4-2-3-5-12(11)16-14/h2-5,10H,6-9H2,1H3,(H,15,16). The molecule has 0 spiro atoms. The molecule has 0 unspecified atom stereocenters. The largest absolute Gasteiger partial charge is 0.469 e. The summed E-state index contributed by atoms with van der Waals surface area (Å²) in [6.07, 6.45) is 1.65. The Kier molecular flexibility index (Phi) is 3.11. The van der Waals surface area contributed by atoms with Gasteiger partial charge in [-0.1, -0.05) is 12.1 Å². The second-order valence-corrected chi connectivity index (χ2v) is 4.86. The van der Waals surface area contributed by atoms with Gasteiger partial charge >= 0.3 is 5.97 Å². The third-order valence-corrected chi connectivity index (χ3v) is 3.71. The Morgan fingerprint density at radius 2 is 2.11 bits per heavy atom. The van der Waals surface area contributed by atoms with Gasteiger partial charge in [-0.25, -0.2) is 4.98 Å². The molecule has 1 aromatic carbocycles. The molecule has 1 aliphatic heterocycles. The summed E-state index contributed by atoms with van der Waals surface area (Å²) in [6, 6.07) is 7.99. The van der Waals surface area contributed by atoms with Crippen LogP contribution in [0, 0.1) is 5.92 Å². The van der Waals surface area contributed by atoms with Crippen LogP contribution in [0.3, 0.4) is 0 Å². The number of benzene rings is 1. The van der Waals surface area contributed by atoms with E-state index in [9.17, 15) is 4.79 Å². The highest BCUT2D eigenvalue weighted by Crippen LogP contribution is 2.24. The van der Waals surface area contributed by atoms with Crippen LogP contribution in [-0.4, -0.2) is 36.1 Å². The third kappa shape index (κ3) is 2.28. The number of imidazole rings is 1. The molecule has 1 aliphatic rings. The molecule has 0 atom stereocenters. The van der Waals surface area contributed by atoms with Crippen molar-refractivity contribution in [1.29, 1.82) is 0 Å². The minimum Gasteiger partial charge on any atom is -0.469 e. The Balaban J connectivity index is 1.72. The molecule has 2 heterocycles. The Labute approximate surface area is 111 Å². The molecule has 0 amide bonds. The maximum Gasteiger partial charge on any atom is 0.308 e. The fraction of sp³-hybridized carbons (Fsp3) is 0.429. The van der Waals surface area contributed by atoms with Crippen LogP contribution >= 0.6 is 0 Å². The van der Waals surface area contributed by atoms with E-state index in [4.69, 9.17) is 4.74 Å². The van der Waals surface area contributed by atoms with Crippen molar-refractivity contribution < 1.29 is 9.53 Å². The molecule has 0 saturated carbocycles. The molecular formula is C14H17N3O2. The van der Waals surface area contributed by atoms with E-state index in [1.165, 1.54) is 7.11 Å². The molecule has 1 aromatic heterocycles. The van der Waals surface area contributed by atoms with Gasteiger partial charge in [0.25, 0.3) is 0 Å². The molecule has 100 valence electrons. The normalized spacial score (nSPS) is 16.8. The zero-order valence-electron chi connectivity index (χ0n) is 10.9. The van der Waals surface area contributed by atoms with Crippen molar-refractivity contribution >= 4 is 23.0 Å². The van der Waals surface area contributed by atoms with Gasteiger partial charge < -0.3 is 14.6 Å². The average molecular weight is 259 g/mol. The van der Waals surface area contributed by atoms with Crippen LogP contribution in [-0.2, 0) is 9.53 Å². The molecule has 3 rings (SSSR count). The fourth-order valence-corrected chi connectivity index (χ4v) is 2.58. The van der Waals surface area contributed by atoms with E-state index >= 15 is 0 Å². The zero-order valence-corrected chi connectivity index (χ0v) is 10.9. The Morgan fingerprint density at radius 3 is 2.79 bits per heavy atom. The van der Waals surface area contributed by atoms with Crippen molar-refractivity contribution in [2.24, 2.45) is 5.92 Å². The molecule has 1 N–H and O–H groups in total. The molecule has 0 radical (unpaired) electrons. The lowest BCUT2D eigenvalue weighted by Crippen LogP contribution is -2.37. The van der Waals surface area contributed by atoms with Gasteiger partial charge in [0.1, 0.15) is 0 Å². The summed E-state index contributed by atoms with van der Waals surface area (Å²) in [6.45, 7) is 1.67. The highest BCUT2D eigenvalue weighted by atomic mass is 16.5. The first-order chi connectivity index (χ1) is 9.28. The number of rotatable bonds is 2. The van der Waals surface area contributed by atoms with Crippen molar-refractivity contribution in [3.8, 4) is 0 Å². The summed E-state index contributed by atoms with van der Waals surface area (Å²) >= 11 is 0. The molecule has 19 heavy (non-hydrogen) atoms. The Hall–Kier alpha value is -2.04. The van der Waals surface area contributed by atoms with Gasteiger partial charge in [0.2, 0.25) is 5.95 Å². The number of nitrogens with one attached hydrogen (secondary N) is 1. The molecule has 0 aliphatic carbocycles. The lowest BCUT2D eigenvalue weighted by atomic mass is 9.97. The van der Waals surface area contributed by atoms with Crippen LogP contribution in [0.15, 0.2) is 24.3 Å². The second-order valence-electron chi connectivity index (χ2n) is 4.86. The number of ether oxygens (including phenoxy) is 1. The van der Waals surface area contributed by atoms with Gasteiger partial charge in [-0.2, -0.15) is 0 Å². The monoisotopic (exact) mass is 259 g/mol. The van der Waals surface area contributed by atoms with E-state index in [0.717, 1.165) is 42.9 Å². The minimum atomic E-state index is -0.0933. The number of hydrogen-bond acceptors (Lipinski definition) is 4. The predicted octanol–water partition coefficient (Wildman–Crippen LogP) is 1.95.